The molecule has 1 atom stereocenters. The lowest BCUT2D eigenvalue weighted by Gasteiger charge is -2.23. The number of aryl methyl sites for hydroxylation is 2. The van der Waals surface area contributed by atoms with Crippen molar-refractivity contribution in [2.75, 3.05) is 11.5 Å². The third kappa shape index (κ3) is 6.56. The number of hydrogen-bond acceptors (Lipinski definition) is 9. The number of ketones is 1. The van der Waals surface area contributed by atoms with E-state index >= 15 is 0 Å². The average Bonchev–Trinajstić information content (AvgIpc) is 3.60. The minimum Gasteiger partial charge on any atom is -0.507 e. The lowest BCUT2D eigenvalue weighted by molar-refractivity contribution is -0.132. The number of nitrogens with zero attached hydrogens (tertiary/aromatic N) is 2. The molecule has 48 heavy (non-hydrogen) atoms. The SMILES string of the molecule is CCOC(=O)c1sc(N2C(=O)C(=O)/C(=C(/O)c3ccc(OCc4ccccc4)cc3C)[C@@H]2c2cccc(Oc3ccccc3)c2)nc1C. The first-order valence-corrected chi connectivity index (χ1v) is 16.1. The summed E-state index contributed by atoms with van der Waals surface area (Å²) in [5.74, 6) is -1.05. The molecular formula is C38H32N2O7S. The van der Waals surface area contributed by atoms with Crippen molar-refractivity contribution < 1.29 is 33.7 Å². The highest BCUT2D eigenvalue weighted by molar-refractivity contribution is 7.17. The van der Waals surface area contributed by atoms with Crippen molar-refractivity contribution in [3.8, 4) is 17.2 Å². The van der Waals surface area contributed by atoms with Crippen molar-refractivity contribution in [1.82, 2.24) is 4.98 Å². The van der Waals surface area contributed by atoms with Crippen LogP contribution in [-0.4, -0.2) is 34.4 Å². The van der Waals surface area contributed by atoms with Gasteiger partial charge in [-0.25, -0.2) is 9.78 Å². The summed E-state index contributed by atoms with van der Waals surface area (Å²) in [5.41, 5.74) is 2.74. The molecule has 1 aliphatic rings. The Balaban J connectivity index is 1.43. The molecule has 1 aromatic heterocycles. The number of carbonyl (C=O) groups is 3. The summed E-state index contributed by atoms with van der Waals surface area (Å²) in [6.07, 6.45) is 0. The van der Waals surface area contributed by atoms with Gasteiger partial charge in [0.05, 0.1) is 23.9 Å². The molecule has 1 fully saturated rings. The fourth-order valence-electron chi connectivity index (χ4n) is 5.47. The van der Waals surface area contributed by atoms with E-state index in [2.05, 4.69) is 4.98 Å². The fourth-order valence-corrected chi connectivity index (χ4v) is 6.45. The Hall–Kier alpha value is -5.74. The Morgan fingerprint density at radius 1 is 0.875 bits per heavy atom. The maximum atomic E-state index is 13.8. The quantitative estimate of drug-likeness (QED) is 0.0695. The van der Waals surface area contributed by atoms with Gasteiger partial charge in [-0.3, -0.25) is 14.5 Å². The van der Waals surface area contributed by atoms with Crippen LogP contribution in [0.25, 0.3) is 5.76 Å². The Kier molecular flexibility index (Phi) is 9.36. The van der Waals surface area contributed by atoms with E-state index in [1.54, 1.807) is 63.2 Å². The smallest absolute Gasteiger partial charge is 0.350 e. The zero-order valence-corrected chi connectivity index (χ0v) is 27.3. The van der Waals surface area contributed by atoms with E-state index in [1.165, 1.54) is 4.90 Å². The van der Waals surface area contributed by atoms with E-state index in [0.717, 1.165) is 16.9 Å². The number of amides is 1. The van der Waals surface area contributed by atoms with Crippen LogP contribution in [0.2, 0.25) is 0 Å². The molecule has 0 radical (unpaired) electrons. The highest BCUT2D eigenvalue weighted by Crippen LogP contribution is 2.45. The summed E-state index contributed by atoms with van der Waals surface area (Å²) in [4.78, 5) is 46.3. The molecule has 4 aromatic carbocycles. The van der Waals surface area contributed by atoms with Gasteiger partial charge < -0.3 is 19.3 Å². The summed E-state index contributed by atoms with van der Waals surface area (Å²) < 4.78 is 17.2. The summed E-state index contributed by atoms with van der Waals surface area (Å²) in [7, 11) is 0. The molecule has 6 rings (SSSR count). The van der Waals surface area contributed by atoms with Gasteiger partial charge in [0.25, 0.3) is 5.78 Å². The highest BCUT2D eigenvalue weighted by Gasteiger charge is 2.48. The lowest BCUT2D eigenvalue weighted by Crippen LogP contribution is -2.29. The molecule has 0 spiro atoms. The second-order valence-corrected chi connectivity index (χ2v) is 12.0. The Bertz CT molecular complexity index is 2020. The first-order chi connectivity index (χ1) is 23.2. The van der Waals surface area contributed by atoms with E-state index in [-0.39, 0.29) is 27.9 Å². The summed E-state index contributed by atoms with van der Waals surface area (Å²) in [5, 5.41) is 11.9. The molecular weight excluding hydrogens is 628 g/mol. The van der Waals surface area contributed by atoms with Gasteiger partial charge in [0.1, 0.15) is 34.5 Å². The zero-order chi connectivity index (χ0) is 33.8. The van der Waals surface area contributed by atoms with E-state index in [9.17, 15) is 19.5 Å². The first-order valence-electron chi connectivity index (χ1n) is 15.3. The number of Topliss-reactive ketones (excluding diaryl/α,β-unsaturated/α-hetero) is 1. The lowest BCUT2D eigenvalue weighted by atomic mass is 9.94. The summed E-state index contributed by atoms with van der Waals surface area (Å²) in [6.45, 7) is 5.65. The van der Waals surface area contributed by atoms with Crippen LogP contribution in [0.5, 0.6) is 17.2 Å². The molecule has 10 heteroatoms. The van der Waals surface area contributed by atoms with Gasteiger partial charge in [0.2, 0.25) is 0 Å². The maximum absolute atomic E-state index is 13.8. The van der Waals surface area contributed by atoms with Gasteiger partial charge in [-0.1, -0.05) is 72.0 Å². The molecule has 0 bridgehead atoms. The van der Waals surface area contributed by atoms with Crippen LogP contribution in [0.3, 0.4) is 0 Å². The molecule has 0 unspecified atom stereocenters. The third-order valence-electron chi connectivity index (χ3n) is 7.75. The number of ether oxygens (including phenoxy) is 3. The van der Waals surface area contributed by atoms with Crippen LogP contribution in [0, 0.1) is 13.8 Å². The highest BCUT2D eigenvalue weighted by atomic mass is 32.1. The number of aromatic nitrogens is 1. The van der Waals surface area contributed by atoms with Crippen LogP contribution in [-0.2, 0) is 20.9 Å². The Morgan fingerprint density at radius 3 is 2.29 bits per heavy atom. The summed E-state index contributed by atoms with van der Waals surface area (Å²) >= 11 is 0.949. The van der Waals surface area contributed by atoms with Gasteiger partial charge in [-0.05, 0) is 79.9 Å². The topological polar surface area (TPSA) is 115 Å². The molecule has 0 saturated carbocycles. The third-order valence-corrected chi connectivity index (χ3v) is 8.89. The van der Waals surface area contributed by atoms with Crippen LogP contribution < -0.4 is 14.4 Å². The number of benzene rings is 4. The van der Waals surface area contributed by atoms with Crippen LogP contribution in [0.4, 0.5) is 5.13 Å². The van der Waals surface area contributed by atoms with Gasteiger partial charge in [0, 0.05) is 5.56 Å². The number of para-hydroxylation sites is 1. The number of hydrogen-bond donors (Lipinski definition) is 1. The average molecular weight is 661 g/mol. The van der Waals surface area contributed by atoms with Gasteiger partial charge in [-0.15, -0.1) is 0 Å². The number of aliphatic hydroxyl groups excluding tert-OH is 1. The molecule has 5 aromatic rings. The van der Waals surface area contributed by atoms with Crippen molar-refractivity contribution in [3.05, 3.63) is 142 Å². The zero-order valence-electron chi connectivity index (χ0n) is 26.5. The van der Waals surface area contributed by atoms with Crippen molar-refractivity contribution in [2.45, 2.75) is 33.4 Å². The molecule has 0 aliphatic carbocycles. The predicted octanol–water partition coefficient (Wildman–Crippen LogP) is 7.93. The van der Waals surface area contributed by atoms with Crippen LogP contribution in [0.1, 0.15) is 50.6 Å². The van der Waals surface area contributed by atoms with E-state index in [0.29, 0.717) is 46.2 Å². The second-order valence-electron chi connectivity index (χ2n) is 11.0. The van der Waals surface area contributed by atoms with Crippen LogP contribution >= 0.6 is 11.3 Å². The standard InChI is InChI=1S/C38H32N2O7S/c1-4-45-37(44)35-24(3)39-38(48-35)40-32(26-14-11-17-29(21-26)47-27-15-9-6-10-16-27)31(34(42)36(40)43)33(41)30-19-18-28(20-23(30)2)46-22-25-12-7-5-8-13-25/h5-21,32,41H,4,22H2,1-3H3/b33-31+/t32-/m0/s1. The molecule has 1 N–H and O–H groups in total. The van der Waals surface area contributed by atoms with Crippen LogP contribution in [0.15, 0.2) is 109 Å². The molecule has 242 valence electrons. The number of carbonyl (C=O) groups excluding carboxylic acids is 3. The molecule has 9 nitrogen and oxygen atoms in total. The first kappa shape index (κ1) is 32.2. The Labute approximate surface area is 281 Å². The van der Waals surface area contributed by atoms with Crippen molar-refractivity contribution in [2.24, 2.45) is 0 Å². The fraction of sp³-hybridized carbons (Fsp3) is 0.158. The van der Waals surface area contributed by atoms with Gasteiger partial charge in [0.15, 0.2) is 5.13 Å². The number of esters is 1. The van der Waals surface area contributed by atoms with Crippen molar-refractivity contribution in [3.63, 3.8) is 0 Å². The molecule has 1 amide bonds. The monoisotopic (exact) mass is 660 g/mol. The number of rotatable bonds is 10. The minimum absolute atomic E-state index is 0.122. The number of anilines is 1. The number of thiazole rings is 1. The number of aliphatic hydroxyl groups is 1. The predicted molar refractivity (Wildman–Crippen MR) is 183 cm³/mol. The van der Waals surface area contributed by atoms with Gasteiger partial charge >= 0.3 is 11.9 Å². The van der Waals surface area contributed by atoms with E-state index < -0.39 is 23.7 Å². The second kappa shape index (κ2) is 13.9. The molecule has 1 saturated heterocycles. The summed E-state index contributed by atoms with van der Waals surface area (Å²) in [6, 6.07) is 29.9. The Morgan fingerprint density at radius 2 is 1.58 bits per heavy atom. The van der Waals surface area contributed by atoms with Gasteiger partial charge in [-0.2, -0.15) is 0 Å². The van der Waals surface area contributed by atoms with E-state index in [4.69, 9.17) is 14.2 Å². The van der Waals surface area contributed by atoms with Crippen molar-refractivity contribution >= 4 is 39.9 Å². The largest absolute Gasteiger partial charge is 0.507 e. The molecule has 2 heterocycles. The van der Waals surface area contributed by atoms with E-state index in [1.807, 2.05) is 60.7 Å². The van der Waals surface area contributed by atoms with Crippen molar-refractivity contribution in [1.29, 1.82) is 0 Å². The normalized spacial score (nSPS) is 15.4. The minimum atomic E-state index is -1.08. The molecule has 1 aliphatic heterocycles. The maximum Gasteiger partial charge on any atom is 0.350 e.